The number of aryl methyl sites for hydroxylation is 1. The normalized spacial score (nSPS) is 10.6. The first-order chi connectivity index (χ1) is 7.16. The summed E-state index contributed by atoms with van der Waals surface area (Å²) in [4.78, 5) is 0. The third-order valence-electron chi connectivity index (χ3n) is 2.18. The molecular weight excluding hydrogens is 275 g/mol. The number of benzene rings is 1. The fraction of sp³-hybridized carbons (Fsp3) is 0.182. The zero-order chi connectivity index (χ0) is 10.8. The van der Waals surface area contributed by atoms with Crippen LogP contribution in [0.5, 0.6) is 0 Å². The molecular formula is C11H10BrClN2. The molecule has 0 spiro atoms. The summed E-state index contributed by atoms with van der Waals surface area (Å²) in [5, 5.41) is 5.02. The van der Waals surface area contributed by atoms with Crippen molar-refractivity contribution in [3.05, 3.63) is 51.2 Å². The molecule has 0 saturated carbocycles. The molecule has 1 heterocycles. The average Bonchev–Trinajstić information content (AvgIpc) is 2.50. The molecule has 0 unspecified atom stereocenters. The largest absolute Gasteiger partial charge is 0.266 e. The van der Waals surface area contributed by atoms with Crippen LogP contribution in [0.3, 0.4) is 0 Å². The predicted molar refractivity (Wildman–Crippen MR) is 65.2 cm³/mol. The molecule has 0 fully saturated rings. The summed E-state index contributed by atoms with van der Waals surface area (Å²) in [5.41, 5.74) is 2.06. The average molecular weight is 286 g/mol. The maximum atomic E-state index is 5.94. The first-order valence-electron chi connectivity index (χ1n) is 4.60. The number of hydrogen-bond acceptors (Lipinski definition) is 1. The Morgan fingerprint density at radius 1 is 1.40 bits per heavy atom. The highest BCUT2D eigenvalue weighted by Crippen LogP contribution is 2.18. The van der Waals surface area contributed by atoms with Crippen molar-refractivity contribution in [3.8, 4) is 0 Å². The number of aromatic nitrogens is 2. The van der Waals surface area contributed by atoms with Crippen LogP contribution in [0.4, 0.5) is 0 Å². The van der Waals surface area contributed by atoms with Gasteiger partial charge in [-0.15, -0.1) is 0 Å². The van der Waals surface area contributed by atoms with Crippen molar-refractivity contribution in [3.63, 3.8) is 0 Å². The van der Waals surface area contributed by atoms with Crippen molar-refractivity contribution in [2.45, 2.75) is 13.5 Å². The quantitative estimate of drug-likeness (QED) is 0.823. The van der Waals surface area contributed by atoms with E-state index in [-0.39, 0.29) is 0 Å². The van der Waals surface area contributed by atoms with Gasteiger partial charge in [0.2, 0.25) is 0 Å². The molecule has 0 radical (unpaired) electrons. The van der Waals surface area contributed by atoms with E-state index in [1.54, 1.807) is 0 Å². The first kappa shape index (κ1) is 10.7. The molecule has 0 aliphatic heterocycles. The Morgan fingerprint density at radius 3 is 2.73 bits per heavy atom. The van der Waals surface area contributed by atoms with Crippen molar-refractivity contribution in [2.75, 3.05) is 0 Å². The molecule has 0 saturated heterocycles. The van der Waals surface area contributed by atoms with Crippen LogP contribution in [0, 0.1) is 6.92 Å². The Hall–Kier alpha value is -0.800. The maximum Gasteiger partial charge on any atom is 0.0815 e. The fourth-order valence-electron chi connectivity index (χ4n) is 1.38. The van der Waals surface area contributed by atoms with Crippen LogP contribution in [0.2, 0.25) is 5.02 Å². The lowest BCUT2D eigenvalue weighted by molar-refractivity contribution is 0.678. The molecule has 1 aromatic carbocycles. The number of hydrogen-bond donors (Lipinski definition) is 0. The monoisotopic (exact) mass is 284 g/mol. The smallest absolute Gasteiger partial charge is 0.0815 e. The van der Waals surface area contributed by atoms with Crippen molar-refractivity contribution in [1.29, 1.82) is 0 Å². The fourth-order valence-corrected chi connectivity index (χ4v) is 1.94. The Balaban J connectivity index is 2.26. The zero-order valence-corrected chi connectivity index (χ0v) is 10.6. The van der Waals surface area contributed by atoms with E-state index >= 15 is 0 Å². The molecule has 0 aliphatic carbocycles. The summed E-state index contributed by atoms with van der Waals surface area (Å²) < 4.78 is 2.94. The highest BCUT2D eigenvalue weighted by atomic mass is 79.9. The molecule has 78 valence electrons. The standard InChI is InChI=1S/C11H10BrClN2/c1-8-11(13)7-15(14-8)6-9-4-2-3-5-10(9)12/h2-5,7H,6H2,1H3. The van der Waals surface area contributed by atoms with Gasteiger partial charge in [0.25, 0.3) is 0 Å². The highest BCUT2D eigenvalue weighted by molar-refractivity contribution is 9.10. The van der Waals surface area contributed by atoms with Crippen molar-refractivity contribution >= 4 is 27.5 Å². The summed E-state index contributed by atoms with van der Waals surface area (Å²) >= 11 is 9.45. The van der Waals surface area contributed by atoms with Crippen molar-refractivity contribution in [2.24, 2.45) is 0 Å². The molecule has 0 bridgehead atoms. The minimum Gasteiger partial charge on any atom is -0.266 e. The van der Waals surface area contributed by atoms with Gasteiger partial charge in [0.1, 0.15) is 0 Å². The molecule has 2 rings (SSSR count). The lowest BCUT2D eigenvalue weighted by Gasteiger charge is -2.03. The van der Waals surface area contributed by atoms with Crippen molar-refractivity contribution in [1.82, 2.24) is 9.78 Å². The summed E-state index contributed by atoms with van der Waals surface area (Å²) in [6.45, 7) is 2.63. The van der Waals surface area contributed by atoms with Crippen LogP contribution in [0.1, 0.15) is 11.3 Å². The molecule has 0 aliphatic rings. The lowest BCUT2D eigenvalue weighted by Crippen LogP contribution is -2.00. The second-order valence-corrected chi connectivity index (χ2v) is 4.61. The number of rotatable bonds is 2. The van der Waals surface area contributed by atoms with Gasteiger partial charge in [-0.1, -0.05) is 45.7 Å². The Bertz CT molecular complexity index is 460. The first-order valence-corrected chi connectivity index (χ1v) is 5.77. The third kappa shape index (κ3) is 2.41. The molecule has 0 atom stereocenters. The van der Waals surface area contributed by atoms with E-state index in [0.29, 0.717) is 5.02 Å². The van der Waals surface area contributed by atoms with E-state index in [9.17, 15) is 0 Å². The Labute approximate surface area is 102 Å². The lowest BCUT2D eigenvalue weighted by atomic mass is 10.2. The second-order valence-electron chi connectivity index (χ2n) is 3.35. The molecule has 2 aromatic rings. The zero-order valence-electron chi connectivity index (χ0n) is 8.24. The predicted octanol–water partition coefficient (Wildman–Crippen LogP) is 3.66. The van der Waals surface area contributed by atoms with Gasteiger partial charge in [0.05, 0.1) is 17.3 Å². The highest BCUT2D eigenvalue weighted by Gasteiger charge is 2.04. The minimum atomic E-state index is 0.710. The molecule has 0 N–H and O–H groups in total. The SMILES string of the molecule is Cc1nn(Cc2ccccc2Br)cc1Cl. The minimum absolute atomic E-state index is 0.710. The molecule has 15 heavy (non-hydrogen) atoms. The van der Waals surface area contributed by atoms with Crippen LogP contribution in [-0.2, 0) is 6.54 Å². The van der Waals surface area contributed by atoms with Crippen LogP contribution in [0.25, 0.3) is 0 Å². The van der Waals surface area contributed by atoms with Crippen LogP contribution < -0.4 is 0 Å². The van der Waals surface area contributed by atoms with E-state index < -0.39 is 0 Å². The van der Waals surface area contributed by atoms with Crippen molar-refractivity contribution < 1.29 is 0 Å². The van der Waals surface area contributed by atoms with Crippen LogP contribution in [0.15, 0.2) is 34.9 Å². The van der Waals surface area contributed by atoms with E-state index in [2.05, 4.69) is 27.1 Å². The van der Waals surface area contributed by atoms with Gasteiger partial charge in [-0.25, -0.2) is 0 Å². The second kappa shape index (κ2) is 4.37. The summed E-state index contributed by atoms with van der Waals surface area (Å²) in [5.74, 6) is 0. The van der Waals surface area contributed by atoms with Crippen LogP contribution in [-0.4, -0.2) is 9.78 Å². The number of halogens is 2. The summed E-state index contributed by atoms with van der Waals surface area (Å²) in [6, 6.07) is 8.09. The van der Waals surface area contributed by atoms with Gasteiger partial charge < -0.3 is 0 Å². The molecule has 2 nitrogen and oxygen atoms in total. The Morgan fingerprint density at radius 2 is 2.13 bits per heavy atom. The maximum absolute atomic E-state index is 5.94. The van der Waals surface area contributed by atoms with E-state index in [1.165, 1.54) is 5.56 Å². The molecule has 4 heteroatoms. The Kier molecular flexibility index (Phi) is 3.12. The van der Waals surface area contributed by atoms with Gasteiger partial charge in [-0.05, 0) is 18.6 Å². The third-order valence-corrected chi connectivity index (χ3v) is 3.32. The molecule has 0 amide bonds. The van der Waals surface area contributed by atoms with E-state index in [1.807, 2.05) is 36.0 Å². The topological polar surface area (TPSA) is 17.8 Å². The number of nitrogens with zero attached hydrogens (tertiary/aromatic N) is 2. The summed E-state index contributed by atoms with van der Waals surface area (Å²) in [6.07, 6.45) is 1.84. The van der Waals surface area contributed by atoms with Gasteiger partial charge in [-0.3, -0.25) is 4.68 Å². The van der Waals surface area contributed by atoms with Gasteiger partial charge in [0.15, 0.2) is 0 Å². The van der Waals surface area contributed by atoms with Gasteiger partial charge >= 0.3 is 0 Å². The van der Waals surface area contributed by atoms with Gasteiger partial charge in [-0.2, -0.15) is 5.10 Å². The van der Waals surface area contributed by atoms with E-state index in [4.69, 9.17) is 11.6 Å². The van der Waals surface area contributed by atoms with Gasteiger partial charge in [0, 0.05) is 10.7 Å². The van der Waals surface area contributed by atoms with E-state index in [0.717, 1.165) is 16.7 Å². The summed E-state index contributed by atoms with van der Waals surface area (Å²) in [7, 11) is 0. The molecule has 1 aromatic heterocycles. The van der Waals surface area contributed by atoms with Crippen LogP contribution >= 0.6 is 27.5 Å².